The normalized spacial score (nSPS) is 10.7. The van der Waals surface area contributed by atoms with Crippen LogP contribution in [0.15, 0.2) is 59.2 Å². The number of benzene rings is 2. The Labute approximate surface area is 88.0 Å². The maximum absolute atomic E-state index is 5.25. The molecule has 0 atom stereocenters. The summed E-state index contributed by atoms with van der Waals surface area (Å²) in [6, 6.07) is 19.5. The number of hydrogen-bond acceptors (Lipinski definition) is 1. The van der Waals surface area contributed by atoms with E-state index in [9.17, 15) is 0 Å². The van der Waals surface area contributed by atoms with Crippen molar-refractivity contribution in [3.63, 3.8) is 0 Å². The van der Waals surface area contributed by atoms with E-state index in [0.717, 1.165) is 11.0 Å². The standard InChI is InChI=1S/C14H9O/c1-2-4-11(5-3-1)12-6-7-14-13(10-12)8-9-15-14/h1-7,9-10H. The highest BCUT2D eigenvalue weighted by Gasteiger charge is 2.00. The molecule has 0 spiro atoms. The smallest absolute Gasteiger partial charge is 0.134 e. The monoisotopic (exact) mass is 193 g/mol. The van der Waals surface area contributed by atoms with Gasteiger partial charge in [-0.3, -0.25) is 0 Å². The van der Waals surface area contributed by atoms with Crippen LogP contribution in [0.2, 0.25) is 0 Å². The van der Waals surface area contributed by atoms with Gasteiger partial charge in [-0.2, -0.15) is 0 Å². The first-order chi connectivity index (χ1) is 7.43. The topological polar surface area (TPSA) is 13.1 Å². The van der Waals surface area contributed by atoms with Gasteiger partial charge in [0.25, 0.3) is 0 Å². The molecule has 0 saturated heterocycles. The third-order valence-corrected chi connectivity index (χ3v) is 2.49. The lowest BCUT2D eigenvalue weighted by Gasteiger charge is -2.00. The predicted molar refractivity (Wildman–Crippen MR) is 60.5 cm³/mol. The lowest BCUT2D eigenvalue weighted by Crippen LogP contribution is -1.75. The molecular weight excluding hydrogens is 184 g/mol. The van der Waals surface area contributed by atoms with Crippen molar-refractivity contribution in [3.05, 3.63) is 60.9 Å². The molecule has 3 rings (SSSR count). The van der Waals surface area contributed by atoms with E-state index in [1.807, 2.05) is 24.3 Å². The number of hydrogen-bond donors (Lipinski definition) is 0. The van der Waals surface area contributed by atoms with Crippen LogP contribution in [-0.2, 0) is 0 Å². The number of fused-ring (bicyclic) bond motifs is 1. The molecule has 0 bridgehead atoms. The average Bonchev–Trinajstić information content (AvgIpc) is 2.77. The fourth-order valence-electron chi connectivity index (χ4n) is 1.71. The largest absolute Gasteiger partial charge is 0.464 e. The van der Waals surface area contributed by atoms with Gasteiger partial charge >= 0.3 is 0 Å². The summed E-state index contributed by atoms with van der Waals surface area (Å²) in [7, 11) is 0. The molecule has 3 aromatic rings. The van der Waals surface area contributed by atoms with E-state index in [-0.39, 0.29) is 0 Å². The molecule has 0 amide bonds. The second-order valence-corrected chi connectivity index (χ2v) is 3.46. The van der Waals surface area contributed by atoms with Gasteiger partial charge in [0.15, 0.2) is 0 Å². The van der Waals surface area contributed by atoms with Crippen molar-refractivity contribution in [2.45, 2.75) is 0 Å². The average molecular weight is 193 g/mol. The van der Waals surface area contributed by atoms with E-state index in [4.69, 9.17) is 4.42 Å². The Morgan fingerprint density at radius 3 is 2.60 bits per heavy atom. The molecule has 0 fully saturated rings. The minimum absolute atomic E-state index is 0.884. The van der Waals surface area contributed by atoms with Crippen molar-refractivity contribution in [3.8, 4) is 11.1 Å². The van der Waals surface area contributed by atoms with E-state index < -0.39 is 0 Å². The Morgan fingerprint density at radius 2 is 1.73 bits per heavy atom. The van der Waals surface area contributed by atoms with Crippen LogP contribution in [0.1, 0.15) is 0 Å². The summed E-state index contributed by atoms with van der Waals surface area (Å²) in [4.78, 5) is 0. The maximum atomic E-state index is 5.25. The Hall–Kier alpha value is -2.02. The van der Waals surface area contributed by atoms with Crippen LogP contribution >= 0.6 is 0 Å². The lowest BCUT2D eigenvalue weighted by molar-refractivity contribution is 0.615. The molecule has 15 heavy (non-hydrogen) atoms. The van der Waals surface area contributed by atoms with Crippen LogP contribution in [0, 0.1) is 6.07 Å². The Kier molecular flexibility index (Phi) is 1.82. The van der Waals surface area contributed by atoms with E-state index in [2.05, 4.69) is 30.3 Å². The molecular formula is C14H9O. The van der Waals surface area contributed by atoms with Crippen molar-refractivity contribution >= 4 is 11.0 Å². The molecule has 0 aliphatic carbocycles. The fourth-order valence-corrected chi connectivity index (χ4v) is 1.71. The van der Waals surface area contributed by atoms with Crippen LogP contribution in [0.3, 0.4) is 0 Å². The van der Waals surface area contributed by atoms with Crippen molar-refractivity contribution < 1.29 is 4.42 Å². The molecule has 71 valence electrons. The third kappa shape index (κ3) is 1.42. The summed E-state index contributed by atoms with van der Waals surface area (Å²) in [5.41, 5.74) is 3.30. The zero-order valence-electron chi connectivity index (χ0n) is 8.10. The van der Waals surface area contributed by atoms with Gasteiger partial charge in [0.05, 0.1) is 6.26 Å². The Bertz CT molecular complexity index is 578. The van der Waals surface area contributed by atoms with Gasteiger partial charge in [0.2, 0.25) is 0 Å². The second kappa shape index (κ2) is 3.28. The summed E-state index contributed by atoms with van der Waals surface area (Å²) in [6.07, 6.45) is 1.60. The highest BCUT2D eigenvalue weighted by Crippen LogP contribution is 2.24. The summed E-state index contributed by atoms with van der Waals surface area (Å²) in [5.74, 6) is 0. The first-order valence-corrected chi connectivity index (χ1v) is 4.88. The third-order valence-electron chi connectivity index (χ3n) is 2.49. The molecule has 1 heteroatoms. The van der Waals surface area contributed by atoms with Gasteiger partial charge in [0.1, 0.15) is 5.58 Å². The summed E-state index contributed by atoms with van der Waals surface area (Å²) < 4.78 is 5.25. The SMILES string of the molecule is [c]1coc2ccc(-c3ccccc3)cc12. The molecule has 0 aliphatic rings. The summed E-state index contributed by atoms with van der Waals surface area (Å²) >= 11 is 0. The molecule has 1 heterocycles. The molecule has 1 nitrogen and oxygen atoms in total. The second-order valence-electron chi connectivity index (χ2n) is 3.46. The molecule has 2 aromatic carbocycles. The molecule has 1 radical (unpaired) electrons. The van der Waals surface area contributed by atoms with Crippen LogP contribution in [-0.4, -0.2) is 0 Å². The van der Waals surface area contributed by atoms with E-state index in [1.54, 1.807) is 6.26 Å². The van der Waals surface area contributed by atoms with Gasteiger partial charge in [-0.15, -0.1) is 0 Å². The van der Waals surface area contributed by atoms with Crippen molar-refractivity contribution in [2.24, 2.45) is 0 Å². The van der Waals surface area contributed by atoms with Gasteiger partial charge in [-0.25, -0.2) is 0 Å². The van der Waals surface area contributed by atoms with Crippen molar-refractivity contribution in [2.75, 3.05) is 0 Å². The molecule has 0 saturated carbocycles. The van der Waals surface area contributed by atoms with Gasteiger partial charge in [-0.05, 0) is 23.3 Å². The van der Waals surface area contributed by atoms with Crippen LogP contribution in [0.5, 0.6) is 0 Å². The van der Waals surface area contributed by atoms with Crippen molar-refractivity contribution in [1.29, 1.82) is 0 Å². The Balaban J connectivity index is 2.19. The highest BCUT2D eigenvalue weighted by atomic mass is 16.3. The minimum Gasteiger partial charge on any atom is -0.464 e. The van der Waals surface area contributed by atoms with E-state index in [0.29, 0.717) is 0 Å². The molecule has 1 aromatic heterocycles. The molecule has 0 aliphatic heterocycles. The molecule has 0 N–H and O–H groups in total. The predicted octanol–water partition coefficient (Wildman–Crippen LogP) is 3.90. The maximum Gasteiger partial charge on any atom is 0.134 e. The van der Waals surface area contributed by atoms with E-state index in [1.165, 1.54) is 11.1 Å². The van der Waals surface area contributed by atoms with Crippen molar-refractivity contribution in [1.82, 2.24) is 0 Å². The summed E-state index contributed by atoms with van der Waals surface area (Å²) in [5, 5.41) is 1.02. The fraction of sp³-hybridized carbons (Fsp3) is 0. The zero-order chi connectivity index (χ0) is 10.1. The van der Waals surface area contributed by atoms with Crippen LogP contribution in [0.25, 0.3) is 22.1 Å². The highest BCUT2D eigenvalue weighted by molar-refractivity contribution is 5.82. The van der Waals surface area contributed by atoms with Crippen LogP contribution in [0.4, 0.5) is 0 Å². The number of rotatable bonds is 1. The van der Waals surface area contributed by atoms with Gasteiger partial charge in [-0.1, -0.05) is 36.4 Å². The lowest BCUT2D eigenvalue weighted by atomic mass is 10.0. The zero-order valence-corrected chi connectivity index (χ0v) is 8.10. The quantitative estimate of drug-likeness (QED) is 0.571. The van der Waals surface area contributed by atoms with Gasteiger partial charge < -0.3 is 4.42 Å². The van der Waals surface area contributed by atoms with E-state index >= 15 is 0 Å². The summed E-state index contributed by atoms with van der Waals surface area (Å²) in [6.45, 7) is 0. The van der Waals surface area contributed by atoms with Crippen LogP contribution < -0.4 is 0 Å². The minimum atomic E-state index is 0.884. The van der Waals surface area contributed by atoms with Gasteiger partial charge in [0, 0.05) is 11.5 Å². The Morgan fingerprint density at radius 1 is 0.867 bits per heavy atom. The number of furan rings is 1. The molecule has 0 unspecified atom stereocenters. The first-order valence-electron chi connectivity index (χ1n) is 4.88. The first kappa shape index (κ1) is 8.30.